The highest BCUT2D eigenvalue weighted by Crippen LogP contribution is 2.33. The Kier molecular flexibility index (Phi) is 5.20. The zero-order valence-corrected chi connectivity index (χ0v) is 16.0. The van der Waals surface area contributed by atoms with Crippen LogP contribution in [0.15, 0.2) is 54.6 Å². The molecule has 0 spiro atoms. The first-order chi connectivity index (χ1) is 13.1. The van der Waals surface area contributed by atoms with Gasteiger partial charge in [-0.25, -0.2) is 13.1 Å². The summed E-state index contributed by atoms with van der Waals surface area (Å²) in [5.74, 6) is 0. The Morgan fingerprint density at radius 1 is 1.04 bits per heavy atom. The summed E-state index contributed by atoms with van der Waals surface area (Å²) in [6, 6.07) is 14.2. The molecule has 0 unspecified atom stereocenters. The van der Waals surface area contributed by atoms with Crippen molar-refractivity contribution in [3.63, 3.8) is 0 Å². The van der Waals surface area contributed by atoms with Gasteiger partial charge >= 0.3 is 6.18 Å². The second-order valence-electron chi connectivity index (χ2n) is 6.30. The van der Waals surface area contributed by atoms with E-state index in [-0.39, 0.29) is 0 Å². The van der Waals surface area contributed by atoms with Gasteiger partial charge in [-0.2, -0.15) is 18.3 Å². The second-order valence-corrected chi connectivity index (χ2v) is 8.04. The zero-order chi connectivity index (χ0) is 20.5. The van der Waals surface area contributed by atoms with Crippen LogP contribution in [0.1, 0.15) is 18.2 Å². The Labute approximate surface area is 160 Å². The first kappa shape index (κ1) is 19.9. The fraction of sp³-hybridized carbons (Fsp3) is 0.211. The van der Waals surface area contributed by atoms with E-state index in [1.54, 1.807) is 12.1 Å². The summed E-state index contributed by atoms with van der Waals surface area (Å²) in [6.07, 6.45) is -2.74. The lowest BCUT2D eigenvalue weighted by molar-refractivity contribution is -0.141. The molecule has 0 aliphatic rings. The number of aromatic nitrogens is 2. The molecule has 9 heteroatoms. The number of sulfonamides is 1. The molecule has 28 heavy (non-hydrogen) atoms. The summed E-state index contributed by atoms with van der Waals surface area (Å²) < 4.78 is 65.8. The average molecular weight is 409 g/mol. The zero-order valence-electron chi connectivity index (χ0n) is 15.2. The maximum atomic E-state index is 13.2. The quantitative estimate of drug-likeness (QED) is 0.675. The molecule has 1 aromatic heterocycles. The predicted molar refractivity (Wildman–Crippen MR) is 102 cm³/mol. The molecule has 0 aliphatic carbocycles. The number of rotatable bonds is 5. The summed E-state index contributed by atoms with van der Waals surface area (Å²) in [4.78, 5) is 0. The summed E-state index contributed by atoms with van der Waals surface area (Å²) in [5.41, 5.74) is 1.65. The average Bonchev–Trinajstić information content (AvgIpc) is 3.07. The third-order valence-corrected chi connectivity index (χ3v) is 4.68. The number of aryl methyl sites for hydroxylation is 1. The van der Waals surface area contributed by atoms with Gasteiger partial charge in [0.25, 0.3) is 0 Å². The molecule has 1 heterocycles. The smallest absolute Gasteiger partial charge is 0.284 e. The Bertz CT molecular complexity index is 1070. The number of hydrogen-bond acceptors (Lipinski definition) is 3. The maximum Gasteiger partial charge on any atom is 0.435 e. The Morgan fingerprint density at radius 3 is 2.14 bits per heavy atom. The van der Waals surface area contributed by atoms with Crippen LogP contribution in [-0.4, -0.2) is 24.5 Å². The standard InChI is InChI=1S/C19H18F3N3O2S/c1-3-13-4-6-14(7-5-13)17-12-18(19(20,21)22)23-25(17)16-10-8-15(9-11-16)24-28(2,26)27/h4-12,24H,3H2,1-2H3. The lowest BCUT2D eigenvalue weighted by Crippen LogP contribution is -2.10. The number of halogens is 3. The molecule has 5 nitrogen and oxygen atoms in total. The van der Waals surface area contributed by atoms with E-state index in [1.807, 2.05) is 19.1 Å². The predicted octanol–water partition coefficient (Wildman–Crippen LogP) is 4.49. The molecule has 0 fully saturated rings. The molecule has 0 radical (unpaired) electrons. The van der Waals surface area contributed by atoms with Crippen LogP contribution < -0.4 is 4.72 Å². The van der Waals surface area contributed by atoms with E-state index < -0.39 is 21.9 Å². The Balaban J connectivity index is 2.07. The molecular weight excluding hydrogens is 391 g/mol. The van der Waals surface area contributed by atoms with Crippen LogP contribution in [0.25, 0.3) is 16.9 Å². The van der Waals surface area contributed by atoms with Crippen LogP contribution in [0.5, 0.6) is 0 Å². The number of anilines is 1. The largest absolute Gasteiger partial charge is 0.435 e. The topological polar surface area (TPSA) is 64.0 Å². The molecular formula is C19H18F3N3O2S. The van der Waals surface area contributed by atoms with Gasteiger partial charge in [-0.15, -0.1) is 0 Å². The van der Waals surface area contributed by atoms with Gasteiger partial charge < -0.3 is 0 Å². The molecule has 0 amide bonds. The van der Waals surface area contributed by atoms with Crippen LogP contribution in [0.4, 0.5) is 18.9 Å². The van der Waals surface area contributed by atoms with E-state index in [0.717, 1.165) is 24.3 Å². The monoisotopic (exact) mass is 409 g/mol. The van der Waals surface area contributed by atoms with Crippen LogP contribution in [0.2, 0.25) is 0 Å². The molecule has 0 saturated carbocycles. The van der Waals surface area contributed by atoms with Crippen LogP contribution in [0.3, 0.4) is 0 Å². The first-order valence-electron chi connectivity index (χ1n) is 8.41. The van der Waals surface area contributed by atoms with Gasteiger partial charge in [0.2, 0.25) is 10.0 Å². The van der Waals surface area contributed by atoms with Gasteiger partial charge in [0.15, 0.2) is 5.69 Å². The van der Waals surface area contributed by atoms with E-state index in [9.17, 15) is 21.6 Å². The van der Waals surface area contributed by atoms with Crippen molar-refractivity contribution in [2.45, 2.75) is 19.5 Å². The Hall–Kier alpha value is -2.81. The van der Waals surface area contributed by atoms with E-state index in [1.165, 1.54) is 28.9 Å². The van der Waals surface area contributed by atoms with E-state index >= 15 is 0 Å². The van der Waals surface area contributed by atoms with Crippen LogP contribution >= 0.6 is 0 Å². The van der Waals surface area contributed by atoms with Crippen molar-refractivity contribution in [3.05, 3.63) is 65.9 Å². The minimum Gasteiger partial charge on any atom is -0.284 e. The van der Waals surface area contributed by atoms with Gasteiger partial charge in [-0.1, -0.05) is 31.2 Å². The van der Waals surface area contributed by atoms with Crippen molar-refractivity contribution in [1.29, 1.82) is 0 Å². The minimum atomic E-state index is -4.58. The normalized spacial score (nSPS) is 12.2. The summed E-state index contributed by atoms with van der Waals surface area (Å²) in [5, 5.41) is 3.73. The highest BCUT2D eigenvalue weighted by molar-refractivity contribution is 7.92. The number of alkyl halides is 3. The van der Waals surface area contributed by atoms with Crippen LogP contribution in [-0.2, 0) is 22.6 Å². The molecule has 1 N–H and O–H groups in total. The lowest BCUT2D eigenvalue weighted by Gasteiger charge is -2.10. The van der Waals surface area contributed by atoms with Gasteiger partial charge in [-0.05, 0) is 42.3 Å². The van der Waals surface area contributed by atoms with Crippen molar-refractivity contribution < 1.29 is 21.6 Å². The summed E-state index contributed by atoms with van der Waals surface area (Å²) in [7, 11) is -3.45. The maximum absolute atomic E-state index is 13.2. The summed E-state index contributed by atoms with van der Waals surface area (Å²) in [6.45, 7) is 1.99. The highest BCUT2D eigenvalue weighted by atomic mass is 32.2. The first-order valence-corrected chi connectivity index (χ1v) is 10.3. The second kappa shape index (κ2) is 7.31. The number of benzene rings is 2. The van der Waals surface area contributed by atoms with Crippen molar-refractivity contribution in [2.24, 2.45) is 0 Å². The van der Waals surface area contributed by atoms with Crippen molar-refractivity contribution in [1.82, 2.24) is 9.78 Å². The number of nitrogens with one attached hydrogen (secondary N) is 1. The van der Waals surface area contributed by atoms with Gasteiger partial charge in [0.05, 0.1) is 17.6 Å². The number of hydrogen-bond donors (Lipinski definition) is 1. The molecule has 3 rings (SSSR count). The molecule has 0 saturated heterocycles. The van der Waals surface area contributed by atoms with Gasteiger partial charge in [-0.3, -0.25) is 4.72 Å². The van der Waals surface area contributed by atoms with E-state index in [4.69, 9.17) is 0 Å². The van der Waals surface area contributed by atoms with Gasteiger partial charge in [0.1, 0.15) is 0 Å². The number of nitrogens with zero attached hydrogens (tertiary/aromatic N) is 2. The summed E-state index contributed by atoms with van der Waals surface area (Å²) >= 11 is 0. The highest BCUT2D eigenvalue weighted by Gasteiger charge is 2.35. The van der Waals surface area contributed by atoms with Crippen molar-refractivity contribution in [3.8, 4) is 16.9 Å². The molecule has 0 atom stereocenters. The molecule has 0 bridgehead atoms. The molecule has 0 aliphatic heterocycles. The minimum absolute atomic E-state index is 0.291. The lowest BCUT2D eigenvalue weighted by atomic mass is 10.1. The van der Waals surface area contributed by atoms with Gasteiger partial charge in [0, 0.05) is 11.3 Å². The van der Waals surface area contributed by atoms with E-state index in [2.05, 4.69) is 9.82 Å². The Morgan fingerprint density at radius 2 is 1.64 bits per heavy atom. The SMILES string of the molecule is CCc1ccc(-c2cc(C(F)(F)F)nn2-c2ccc(NS(C)(=O)=O)cc2)cc1. The fourth-order valence-electron chi connectivity index (χ4n) is 2.72. The van der Waals surface area contributed by atoms with E-state index in [0.29, 0.717) is 22.6 Å². The van der Waals surface area contributed by atoms with Crippen LogP contribution in [0, 0.1) is 0 Å². The van der Waals surface area contributed by atoms with Crippen molar-refractivity contribution in [2.75, 3.05) is 11.0 Å². The molecule has 2 aromatic carbocycles. The molecule has 3 aromatic rings. The third-order valence-electron chi connectivity index (χ3n) is 4.07. The third kappa shape index (κ3) is 4.53. The fourth-order valence-corrected chi connectivity index (χ4v) is 3.28. The molecule has 148 valence electrons. The van der Waals surface area contributed by atoms with Crippen molar-refractivity contribution >= 4 is 15.7 Å².